The van der Waals surface area contributed by atoms with Crippen LogP contribution in [0.15, 0.2) is 29.4 Å². The van der Waals surface area contributed by atoms with Crippen LogP contribution in [0.1, 0.15) is 10.4 Å². The molecule has 0 aromatic heterocycles. The molecule has 1 aromatic carbocycles. The Labute approximate surface area is 93.5 Å². The van der Waals surface area contributed by atoms with Crippen molar-refractivity contribution in [3.63, 3.8) is 0 Å². The molecule has 0 saturated heterocycles. The van der Waals surface area contributed by atoms with Crippen molar-refractivity contribution in [2.75, 3.05) is 14.1 Å². The van der Waals surface area contributed by atoms with Crippen molar-refractivity contribution in [3.05, 3.63) is 34.9 Å². The van der Waals surface area contributed by atoms with Crippen LogP contribution in [0, 0.1) is 0 Å². The number of carbonyl (C=O) groups is 1. The van der Waals surface area contributed by atoms with Gasteiger partial charge < -0.3 is 4.90 Å². The zero-order valence-electron chi connectivity index (χ0n) is 8.57. The number of nitrogens with one attached hydrogen (secondary N) is 1. The SMILES string of the molecule is CN(C)C=NNC(=O)c1ccccc1Cl. The fourth-order valence-corrected chi connectivity index (χ4v) is 1.13. The average molecular weight is 226 g/mol. The minimum atomic E-state index is -0.321. The summed E-state index contributed by atoms with van der Waals surface area (Å²) >= 11 is 5.84. The van der Waals surface area contributed by atoms with Crippen LogP contribution in [0.4, 0.5) is 0 Å². The molecule has 1 aromatic rings. The largest absolute Gasteiger partial charge is 0.367 e. The summed E-state index contributed by atoms with van der Waals surface area (Å²) in [7, 11) is 3.62. The van der Waals surface area contributed by atoms with Gasteiger partial charge in [-0.3, -0.25) is 4.79 Å². The molecule has 0 aliphatic rings. The number of carbonyl (C=O) groups excluding carboxylic acids is 1. The van der Waals surface area contributed by atoms with Crippen molar-refractivity contribution in [3.8, 4) is 0 Å². The first-order valence-electron chi connectivity index (χ1n) is 4.35. The zero-order valence-corrected chi connectivity index (χ0v) is 9.32. The second kappa shape index (κ2) is 5.36. The third-order valence-corrected chi connectivity index (χ3v) is 1.90. The van der Waals surface area contributed by atoms with Gasteiger partial charge in [-0.15, -0.1) is 0 Å². The lowest BCUT2D eigenvalue weighted by Crippen LogP contribution is -2.20. The van der Waals surface area contributed by atoms with Gasteiger partial charge in [-0.1, -0.05) is 23.7 Å². The maximum absolute atomic E-state index is 11.5. The second-order valence-electron chi connectivity index (χ2n) is 3.13. The molecule has 1 amide bonds. The van der Waals surface area contributed by atoms with E-state index < -0.39 is 0 Å². The quantitative estimate of drug-likeness (QED) is 0.482. The van der Waals surface area contributed by atoms with Gasteiger partial charge in [-0.2, -0.15) is 5.10 Å². The molecule has 5 heteroatoms. The van der Waals surface area contributed by atoms with Gasteiger partial charge in [0.25, 0.3) is 5.91 Å². The normalized spacial score (nSPS) is 10.3. The summed E-state index contributed by atoms with van der Waals surface area (Å²) in [4.78, 5) is 13.2. The number of hydrogen-bond donors (Lipinski definition) is 1. The van der Waals surface area contributed by atoms with Crippen LogP contribution in [0.5, 0.6) is 0 Å². The van der Waals surface area contributed by atoms with Gasteiger partial charge in [0, 0.05) is 14.1 Å². The summed E-state index contributed by atoms with van der Waals surface area (Å²) in [6, 6.07) is 6.81. The standard InChI is InChI=1S/C10H12ClN3O/c1-14(2)7-12-13-10(15)8-5-3-4-6-9(8)11/h3-7H,1-2H3,(H,13,15). The Morgan fingerprint density at radius 1 is 1.47 bits per heavy atom. The number of benzene rings is 1. The van der Waals surface area contributed by atoms with Gasteiger partial charge >= 0.3 is 0 Å². The van der Waals surface area contributed by atoms with Gasteiger partial charge in [0.15, 0.2) is 0 Å². The van der Waals surface area contributed by atoms with Crippen LogP contribution >= 0.6 is 11.6 Å². The predicted octanol–water partition coefficient (Wildman–Crippen LogP) is 1.57. The first-order chi connectivity index (χ1) is 7.11. The molecule has 0 bridgehead atoms. The molecular formula is C10H12ClN3O. The van der Waals surface area contributed by atoms with E-state index in [1.807, 2.05) is 14.1 Å². The molecule has 0 aliphatic heterocycles. The average Bonchev–Trinajstić information content (AvgIpc) is 2.17. The molecule has 1 rings (SSSR count). The minimum Gasteiger partial charge on any atom is -0.367 e. The third kappa shape index (κ3) is 3.59. The van der Waals surface area contributed by atoms with Crippen LogP contribution in [-0.2, 0) is 0 Å². The molecule has 80 valence electrons. The maximum atomic E-state index is 11.5. The van der Waals surface area contributed by atoms with Gasteiger partial charge in [0.2, 0.25) is 0 Å². The van der Waals surface area contributed by atoms with Crippen molar-refractivity contribution >= 4 is 23.8 Å². The van der Waals surface area contributed by atoms with Crippen molar-refractivity contribution in [2.24, 2.45) is 5.10 Å². The number of nitrogens with zero attached hydrogens (tertiary/aromatic N) is 2. The highest BCUT2D eigenvalue weighted by atomic mass is 35.5. The van der Waals surface area contributed by atoms with E-state index in [9.17, 15) is 4.79 Å². The van der Waals surface area contributed by atoms with Gasteiger partial charge in [-0.25, -0.2) is 5.43 Å². The smallest absolute Gasteiger partial charge is 0.272 e. The lowest BCUT2D eigenvalue weighted by atomic mass is 10.2. The van der Waals surface area contributed by atoms with Crippen LogP contribution < -0.4 is 5.43 Å². The van der Waals surface area contributed by atoms with Gasteiger partial charge in [0.1, 0.15) is 6.34 Å². The van der Waals surface area contributed by atoms with Crippen molar-refractivity contribution in [1.82, 2.24) is 10.3 Å². The highest BCUT2D eigenvalue weighted by molar-refractivity contribution is 6.33. The molecule has 0 radical (unpaired) electrons. The van der Waals surface area contributed by atoms with Gasteiger partial charge in [-0.05, 0) is 12.1 Å². The summed E-state index contributed by atoms with van der Waals surface area (Å²) in [5.74, 6) is -0.321. The molecule has 0 saturated carbocycles. The number of rotatable bonds is 3. The number of halogens is 1. The van der Waals surface area contributed by atoms with Crippen LogP contribution in [-0.4, -0.2) is 31.2 Å². The first-order valence-corrected chi connectivity index (χ1v) is 4.73. The summed E-state index contributed by atoms with van der Waals surface area (Å²) in [5.41, 5.74) is 2.79. The van der Waals surface area contributed by atoms with E-state index in [-0.39, 0.29) is 5.91 Å². The lowest BCUT2D eigenvalue weighted by molar-refractivity contribution is 0.0955. The summed E-state index contributed by atoms with van der Waals surface area (Å²) in [6.07, 6.45) is 1.49. The summed E-state index contributed by atoms with van der Waals surface area (Å²) in [5, 5.41) is 4.14. The lowest BCUT2D eigenvalue weighted by Gasteiger charge is -2.04. The molecule has 4 nitrogen and oxygen atoms in total. The molecule has 0 fully saturated rings. The topological polar surface area (TPSA) is 44.7 Å². The Morgan fingerprint density at radius 2 is 2.13 bits per heavy atom. The Balaban J connectivity index is 2.66. The molecule has 1 N–H and O–H groups in total. The third-order valence-electron chi connectivity index (χ3n) is 1.57. The minimum absolute atomic E-state index is 0.321. The van der Waals surface area contributed by atoms with Crippen LogP contribution in [0.2, 0.25) is 5.02 Å². The highest BCUT2D eigenvalue weighted by Gasteiger charge is 2.07. The summed E-state index contributed by atoms with van der Waals surface area (Å²) in [6.45, 7) is 0. The van der Waals surface area contributed by atoms with E-state index >= 15 is 0 Å². The van der Waals surface area contributed by atoms with E-state index in [0.717, 1.165) is 0 Å². The molecule has 0 heterocycles. The number of hydrogen-bond acceptors (Lipinski definition) is 2. The fraction of sp³-hybridized carbons (Fsp3) is 0.200. The van der Waals surface area contributed by atoms with Crippen molar-refractivity contribution < 1.29 is 4.79 Å². The van der Waals surface area contributed by atoms with Crippen LogP contribution in [0.25, 0.3) is 0 Å². The molecule has 0 atom stereocenters. The molecule has 0 aliphatic carbocycles. The summed E-state index contributed by atoms with van der Waals surface area (Å²) < 4.78 is 0. The van der Waals surface area contributed by atoms with E-state index in [1.165, 1.54) is 6.34 Å². The van der Waals surface area contributed by atoms with E-state index in [4.69, 9.17) is 11.6 Å². The highest BCUT2D eigenvalue weighted by Crippen LogP contribution is 2.14. The van der Waals surface area contributed by atoms with E-state index in [2.05, 4.69) is 10.5 Å². The van der Waals surface area contributed by atoms with Crippen molar-refractivity contribution in [1.29, 1.82) is 0 Å². The molecule has 0 spiro atoms. The van der Waals surface area contributed by atoms with Crippen molar-refractivity contribution in [2.45, 2.75) is 0 Å². The van der Waals surface area contributed by atoms with E-state index in [0.29, 0.717) is 10.6 Å². The Morgan fingerprint density at radius 3 is 2.73 bits per heavy atom. The monoisotopic (exact) mass is 225 g/mol. The Kier molecular flexibility index (Phi) is 4.12. The molecule has 0 unspecified atom stereocenters. The van der Waals surface area contributed by atoms with Gasteiger partial charge in [0.05, 0.1) is 10.6 Å². The predicted molar refractivity (Wildman–Crippen MR) is 61.1 cm³/mol. The molecular weight excluding hydrogens is 214 g/mol. The zero-order chi connectivity index (χ0) is 11.3. The van der Waals surface area contributed by atoms with Crippen LogP contribution in [0.3, 0.4) is 0 Å². The second-order valence-corrected chi connectivity index (χ2v) is 3.54. The fourth-order valence-electron chi connectivity index (χ4n) is 0.909. The number of hydrazone groups is 1. The first kappa shape index (κ1) is 11.5. The molecule has 15 heavy (non-hydrogen) atoms. The maximum Gasteiger partial charge on any atom is 0.272 e. The van der Waals surface area contributed by atoms with E-state index in [1.54, 1.807) is 29.2 Å². The Bertz CT molecular complexity index is 377. The number of amides is 1. The Hall–Kier alpha value is -1.55.